The molecule has 6 heteroatoms. The number of urea groups is 1. The number of ether oxygens (including phenoxy) is 1. The summed E-state index contributed by atoms with van der Waals surface area (Å²) in [5, 5.41) is 10.4. The Morgan fingerprint density at radius 3 is 2.83 bits per heavy atom. The average Bonchev–Trinajstić information content (AvgIpc) is 2.88. The number of hydrogen-bond acceptors (Lipinski definition) is 3. The van der Waals surface area contributed by atoms with Crippen LogP contribution in [0.4, 0.5) is 10.6 Å². The Hall–Kier alpha value is -2.50. The van der Waals surface area contributed by atoms with Gasteiger partial charge in [0, 0.05) is 18.1 Å². The molecule has 1 aromatic carbocycles. The third-order valence-electron chi connectivity index (χ3n) is 3.97. The van der Waals surface area contributed by atoms with Crippen LogP contribution in [0.3, 0.4) is 0 Å². The second kappa shape index (κ2) is 6.19. The van der Waals surface area contributed by atoms with Gasteiger partial charge in [0.15, 0.2) is 0 Å². The van der Waals surface area contributed by atoms with Gasteiger partial charge in [0.2, 0.25) is 0 Å². The largest absolute Gasteiger partial charge is 0.493 e. The number of amides is 2. The Bertz CT molecular complexity index is 746. The van der Waals surface area contributed by atoms with Gasteiger partial charge in [-0.1, -0.05) is 18.2 Å². The fraction of sp³-hybridized carbons (Fsp3) is 0.444. The quantitative estimate of drug-likeness (QED) is 0.885. The number of aryl methyl sites for hydroxylation is 1. The second-order valence-electron chi connectivity index (χ2n) is 7.08. The molecule has 2 N–H and O–H groups in total. The number of para-hydroxylation sites is 1. The van der Waals surface area contributed by atoms with Gasteiger partial charge in [0.05, 0.1) is 23.9 Å². The number of anilines is 1. The predicted octanol–water partition coefficient (Wildman–Crippen LogP) is 3.59. The van der Waals surface area contributed by atoms with Crippen molar-refractivity contribution in [1.82, 2.24) is 15.1 Å². The van der Waals surface area contributed by atoms with E-state index in [9.17, 15) is 4.79 Å². The van der Waals surface area contributed by atoms with E-state index in [1.165, 1.54) is 0 Å². The molecule has 0 unspecified atom stereocenters. The molecule has 0 spiro atoms. The normalized spacial score (nSPS) is 16.9. The third kappa shape index (κ3) is 3.37. The zero-order valence-electron chi connectivity index (χ0n) is 14.6. The number of benzene rings is 1. The first-order valence-electron chi connectivity index (χ1n) is 8.21. The van der Waals surface area contributed by atoms with Crippen molar-refractivity contribution in [2.45, 2.75) is 45.7 Å². The van der Waals surface area contributed by atoms with E-state index in [2.05, 4.69) is 36.5 Å². The zero-order chi connectivity index (χ0) is 17.3. The summed E-state index contributed by atoms with van der Waals surface area (Å²) in [6.45, 7) is 8.67. The fourth-order valence-electron chi connectivity index (χ4n) is 2.90. The summed E-state index contributed by atoms with van der Waals surface area (Å²) in [5.74, 6) is 1.53. The molecule has 2 amide bonds. The molecule has 6 nitrogen and oxygen atoms in total. The van der Waals surface area contributed by atoms with Crippen molar-refractivity contribution in [3.8, 4) is 5.75 Å². The van der Waals surface area contributed by atoms with Crippen molar-refractivity contribution in [2.24, 2.45) is 0 Å². The number of carbonyl (C=O) groups excluding carboxylic acids is 1. The first-order chi connectivity index (χ1) is 11.3. The molecule has 0 saturated heterocycles. The van der Waals surface area contributed by atoms with Gasteiger partial charge in [0.25, 0.3) is 0 Å². The molecule has 0 saturated carbocycles. The van der Waals surface area contributed by atoms with Crippen LogP contribution in [0.25, 0.3) is 0 Å². The van der Waals surface area contributed by atoms with E-state index < -0.39 is 0 Å². The number of hydrogen-bond donors (Lipinski definition) is 2. The van der Waals surface area contributed by atoms with Gasteiger partial charge >= 0.3 is 6.03 Å². The van der Waals surface area contributed by atoms with Crippen molar-refractivity contribution in [1.29, 1.82) is 0 Å². The maximum absolute atomic E-state index is 12.5. The van der Waals surface area contributed by atoms with Crippen molar-refractivity contribution < 1.29 is 9.53 Å². The van der Waals surface area contributed by atoms with E-state index in [1.54, 1.807) is 0 Å². The maximum Gasteiger partial charge on any atom is 0.320 e. The van der Waals surface area contributed by atoms with E-state index in [0.717, 1.165) is 23.4 Å². The van der Waals surface area contributed by atoms with Gasteiger partial charge in [-0.15, -0.1) is 0 Å². The summed E-state index contributed by atoms with van der Waals surface area (Å²) >= 11 is 0. The number of aromatic nitrogens is 2. The van der Waals surface area contributed by atoms with Crippen molar-refractivity contribution in [3.63, 3.8) is 0 Å². The third-order valence-corrected chi connectivity index (χ3v) is 3.97. The van der Waals surface area contributed by atoms with Crippen LogP contribution in [0.1, 0.15) is 44.5 Å². The molecule has 128 valence electrons. The molecule has 24 heavy (non-hydrogen) atoms. The molecule has 0 fully saturated rings. The zero-order valence-corrected chi connectivity index (χ0v) is 14.6. The Labute approximate surface area is 142 Å². The van der Waals surface area contributed by atoms with E-state index in [4.69, 9.17) is 4.74 Å². The number of carbonyl (C=O) groups is 1. The molecule has 0 aliphatic carbocycles. The summed E-state index contributed by atoms with van der Waals surface area (Å²) in [4.78, 5) is 12.5. The standard InChI is InChI=1S/C18H24N4O2/c1-12-11-16(22(21-12)18(2,3)4)20-17(23)19-14-9-10-24-15-8-6-5-7-13(14)15/h5-8,11,14H,9-10H2,1-4H3,(H2,19,20,23)/t14-/m1/s1. The lowest BCUT2D eigenvalue weighted by Gasteiger charge is -2.27. The highest BCUT2D eigenvalue weighted by Gasteiger charge is 2.24. The van der Waals surface area contributed by atoms with Crippen LogP contribution in [0.2, 0.25) is 0 Å². The summed E-state index contributed by atoms with van der Waals surface area (Å²) in [6, 6.07) is 9.40. The van der Waals surface area contributed by atoms with Crippen LogP contribution < -0.4 is 15.4 Å². The van der Waals surface area contributed by atoms with Crippen LogP contribution in [-0.4, -0.2) is 22.4 Å². The van der Waals surface area contributed by atoms with E-state index in [1.807, 2.05) is 41.9 Å². The number of nitrogens with zero attached hydrogens (tertiary/aromatic N) is 2. The molecule has 3 rings (SSSR count). The molecular weight excluding hydrogens is 304 g/mol. The average molecular weight is 328 g/mol. The minimum atomic E-state index is -0.234. The molecule has 1 aliphatic rings. The highest BCUT2D eigenvalue weighted by molar-refractivity contribution is 5.88. The van der Waals surface area contributed by atoms with E-state index in [0.29, 0.717) is 12.4 Å². The number of nitrogens with one attached hydrogen (secondary N) is 2. The Morgan fingerprint density at radius 2 is 2.08 bits per heavy atom. The molecule has 2 heterocycles. The van der Waals surface area contributed by atoms with Crippen LogP contribution >= 0.6 is 0 Å². The molecule has 0 radical (unpaired) electrons. The Balaban J connectivity index is 1.74. The molecule has 1 aliphatic heterocycles. The predicted molar refractivity (Wildman–Crippen MR) is 93.4 cm³/mol. The lowest BCUT2D eigenvalue weighted by Crippen LogP contribution is -2.36. The molecule has 1 aromatic heterocycles. The highest BCUT2D eigenvalue weighted by atomic mass is 16.5. The van der Waals surface area contributed by atoms with Gasteiger partial charge in [-0.3, -0.25) is 5.32 Å². The van der Waals surface area contributed by atoms with Gasteiger partial charge in [-0.2, -0.15) is 5.10 Å². The maximum atomic E-state index is 12.5. The van der Waals surface area contributed by atoms with Crippen LogP contribution in [0.5, 0.6) is 5.75 Å². The first-order valence-corrected chi connectivity index (χ1v) is 8.21. The van der Waals surface area contributed by atoms with Crippen molar-refractivity contribution >= 4 is 11.8 Å². The summed E-state index contributed by atoms with van der Waals surface area (Å²) < 4.78 is 7.47. The SMILES string of the molecule is Cc1cc(NC(=O)N[C@@H]2CCOc3ccccc32)n(C(C)(C)C)n1. The van der Waals surface area contributed by atoms with Crippen LogP contribution in [0, 0.1) is 6.92 Å². The van der Waals surface area contributed by atoms with Crippen molar-refractivity contribution in [2.75, 3.05) is 11.9 Å². The second-order valence-corrected chi connectivity index (χ2v) is 7.08. The van der Waals surface area contributed by atoms with Gasteiger partial charge in [-0.05, 0) is 33.8 Å². The van der Waals surface area contributed by atoms with Crippen LogP contribution in [0.15, 0.2) is 30.3 Å². The topological polar surface area (TPSA) is 68.2 Å². The lowest BCUT2D eigenvalue weighted by atomic mass is 10.0. The minimum Gasteiger partial charge on any atom is -0.493 e. The Morgan fingerprint density at radius 1 is 1.33 bits per heavy atom. The highest BCUT2D eigenvalue weighted by Crippen LogP contribution is 2.31. The summed E-state index contributed by atoms with van der Waals surface area (Å²) in [7, 11) is 0. The first kappa shape index (κ1) is 16.4. The lowest BCUT2D eigenvalue weighted by molar-refractivity contribution is 0.232. The molecule has 2 aromatic rings. The summed E-state index contributed by atoms with van der Waals surface area (Å²) in [6.07, 6.45) is 0.752. The van der Waals surface area contributed by atoms with Crippen LogP contribution in [-0.2, 0) is 5.54 Å². The van der Waals surface area contributed by atoms with Gasteiger partial charge < -0.3 is 10.1 Å². The molecule has 1 atom stereocenters. The van der Waals surface area contributed by atoms with E-state index >= 15 is 0 Å². The summed E-state index contributed by atoms with van der Waals surface area (Å²) in [5.41, 5.74) is 1.68. The fourth-order valence-corrected chi connectivity index (χ4v) is 2.90. The van der Waals surface area contributed by atoms with Gasteiger partial charge in [0.1, 0.15) is 11.6 Å². The minimum absolute atomic E-state index is 0.0537. The number of fused-ring (bicyclic) bond motifs is 1. The Kier molecular flexibility index (Phi) is 4.22. The monoisotopic (exact) mass is 328 g/mol. The van der Waals surface area contributed by atoms with E-state index in [-0.39, 0.29) is 17.6 Å². The molecule has 0 bridgehead atoms. The van der Waals surface area contributed by atoms with Gasteiger partial charge in [-0.25, -0.2) is 9.48 Å². The smallest absolute Gasteiger partial charge is 0.320 e. The van der Waals surface area contributed by atoms with Crippen molar-refractivity contribution in [3.05, 3.63) is 41.6 Å². The molecular formula is C18H24N4O2. The number of rotatable bonds is 2.